The Hall–Kier alpha value is -0.780. The van der Waals surface area contributed by atoms with E-state index in [2.05, 4.69) is 31.2 Å². The Labute approximate surface area is 88.4 Å². The van der Waals surface area contributed by atoms with E-state index in [9.17, 15) is 0 Å². The lowest BCUT2D eigenvalue weighted by molar-refractivity contribution is 0.726. The van der Waals surface area contributed by atoms with Gasteiger partial charge in [0, 0.05) is 0 Å². The first-order valence-electron chi connectivity index (χ1n) is 5.90. The van der Waals surface area contributed by atoms with Crippen molar-refractivity contribution < 1.29 is 0 Å². The summed E-state index contributed by atoms with van der Waals surface area (Å²) >= 11 is 0. The molecule has 0 heterocycles. The first kappa shape index (κ1) is 11.3. The average Bonchev–Trinajstić information content (AvgIpc) is 3.02. The van der Waals surface area contributed by atoms with Crippen LogP contribution >= 0.6 is 0 Å². The molecule has 0 spiro atoms. The van der Waals surface area contributed by atoms with Gasteiger partial charge in [-0.05, 0) is 31.2 Å². The van der Waals surface area contributed by atoms with E-state index in [1.807, 2.05) is 13.8 Å². The van der Waals surface area contributed by atoms with E-state index < -0.39 is 0 Å². The van der Waals surface area contributed by atoms with Crippen LogP contribution in [-0.2, 0) is 6.42 Å². The molecule has 1 aromatic rings. The third kappa shape index (κ3) is 3.95. The van der Waals surface area contributed by atoms with Gasteiger partial charge in [-0.2, -0.15) is 0 Å². The second-order valence-electron chi connectivity index (χ2n) is 3.97. The second-order valence-corrected chi connectivity index (χ2v) is 3.97. The number of benzene rings is 1. The molecular formula is C14H22. The Morgan fingerprint density at radius 3 is 2.50 bits per heavy atom. The van der Waals surface area contributed by atoms with Gasteiger partial charge in [0.15, 0.2) is 0 Å². The van der Waals surface area contributed by atoms with E-state index in [0.29, 0.717) is 0 Å². The predicted molar refractivity (Wildman–Crippen MR) is 63.6 cm³/mol. The topological polar surface area (TPSA) is 0 Å². The highest BCUT2D eigenvalue weighted by Crippen LogP contribution is 2.33. The van der Waals surface area contributed by atoms with Crippen molar-refractivity contribution in [3.8, 4) is 0 Å². The highest BCUT2D eigenvalue weighted by Gasteiger charge is 2.20. The molecule has 0 aromatic heterocycles. The fraction of sp³-hybridized carbons (Fsp3) is 0.571. The van der Waals surface area contributed by atoms with Crippen molar-refractivity contribution in [2.45, 2.75) is 46.5 Å². The summed E-state index contributed by atoms with van der Waals surface area (Å²) in [6.45, 7) is 6.17. The van der Waals surface area contributed by atoms with Gasteiger partial charge in [0.1, 0.15) is 0 Å². The summed E-state index contributed by atoms with van der Waals surface area (Å²) in [6.07, 6.45) is 5.65. The van der Waals surface area contributed by atoms with Crippen molar-refractivity contribution in [3.05, 3.63) is 35.4 Å². The van der Waals surface area contributed by atoms with Gasteiger partial charge in [-0.15, -0.1) is 0 Å². The molecule has 0 nitrogen and oxygen atoms in total. The third-order valence-electron chi connectivity index (χ3n) is 2.62. The molecule has 0 heteroatoms. The maximum absolute atomic E-state index is 2.31. The molecular weight excluding hydrogens is 168 g/mol. The molecule has 0 aliphatic heterocycles. The zero-order valence-electron chi connectivity index (χ0n) is 9.72. The first-order valence-corrected chi connectivity index (χ1v) is 5.90. The third-order valence-corrected chi connectivity index (χ3v) is 2.62. The summed E-state index contributed by atoms with van der Waals surface area (Å²) in [5.74, 6) is 1.06. The highest BCUT2D eigenvalue weighted by molar-refractivity contribution is 5.22. The van der Waals surface area contributed by atoms with E-state index in [0.717, 1.165) is 5.92 Å². The van der Waals surface area contributed by atoms with Gasteiger partial charge in [0.2, 0.25) is 0 Å². The summed E-state index contributed by atoms with van der Waals surface area (Å²) in [5.41, 5.74) is 2.91. The predicted octanol–water partition coefficient (Wildman–Crippen LogP) is 4.36. The lowest BCUT2D eigenvalue weighted by atomic mass is 10.1. The average molecular weight is 190 g/mol. The van der Waals surface area contributed by atoms with Gasteiger partial charge in [0.25, 0.3) is 0 Å². The summed E-state index contributed by atoms with van der Waals surface area (Å²) in [4.78, 5) is 0. The van der Waals surface area contributed by atoms with E-state index in [1.165, 1.54) is 36.8 Å². The van der Waals surface area contributed by atoms with Gasteiger partial charge in [-0.25, -0.2) is 0 Å². The summed E-state index contributed by atoms with van der Waals surface area (Å²) in [6, 6.07) is 8.88. The largest absolute Gasteiger partial charge is 0.0683 e. The molecule has 0 amide bonds. The monoisotopic (exact) mass is 190 g/mol. The number of aryl methyl sites for hydroxylation is 2. The van der Waals surface area contributed by atoms with E-state index in [4.69, 9.17) is 0 Å². The van der Waals surface area contributed by atoms with Crippen LogP contribution in [-0.4, -0.2) is 0 Å². The molecule has 14 heavy (non-hydrogen) atoms. The molecule has 1 aliphatic carbocycles. The van der Waals surface area contributed by atoms with Crippen molar-refractivity contribution in [2.75, 3.05) is 0 Å². The SMILES string of the molecule is CC.Cc1cccc(CCC2CC2)c1. The highest BCUT2D eigenvalue weighted by atomic mass is 14.3. The summed E-state index contributed by atoms with van der Waals surface area (Å²) < 4.78 is 0. The smallest absolute Gasteiger partial charge is 0.0276 e. The van der Waals surface area contributed by atoms with Crippen molar-refractivity contribution in [1.29, 1.82) is 0 Å². The van der Waals surface area contributed by atoms with Crippen LogP contribution < -0.4 is 0 Å². The van der Waals surface area contributed by atoms with E-state index in [-0.39, 0.29) is 0 Å². The molecule has 1 fully saturated rings. The molecule has 0 radical (unpaired) electrons. The van der Waals surface area contributed by atoms with Crippen LogP contribution in [0.4, 0.5) is 0 Å². The van der Waals surface area contributed by atoms with Crippen molar-refractivity contribution in [1.82, 2.24) is 0 Å². The maximum atomic E-state index is 2.31. The fourth-order valence-corrected chi connectivity index (χ4v) is 1.64. The van der Waals surface area contributed by atoms with Crippen LogP contribution in [0.2, 0.25) is 0 Å². The summed E-state index contributed by atoms with van der Waals surface area (Å²) in [7, 11) is 0. The molecule has 0 bridgehead atoms. The van der Waals surface area contributed by atoms with Gasteiger partial charge < -0.3 is 0 Å². The minimum absolute atomic E-state index is 1.06. The number of rotatable bonds is 3. The van der Waals surface area contributed by atoms with Crippen molar-refractivity contribution in [3.63, 3.8) is 0 Å². The molecule has 1 aliphatic rings. The normalized spacial score (nSPS) is 14.5. The molecule has 1 saturated carbocycles. The fourth-order valence-electron chi connectivity index (χ4n) is 1.64. The van der Waals surface area contributed by atoms with Gasteiger partial charge in [-0.3, -0.25) is 0 Å². The lowest BCUT2D eigenvalue weighted by Gasteiger charge is -2.00. The Morgan fingerprint density at radius 2 is 1.93 bits per heavy atom. The number of hydrogen-bond acceptors (Lipinski definition) is 0. The first-order chi connectivity index (χ1) is 6.84. The lowest BCUT2D eigenvalue weighted by Crippen LogP contribution is -1.86. The zero-order valence-corrected chi connectivity index (χ0v) is 9.72. The zero-order chi connectivity index (χ0) is 10.4. The van der Waals surface area contributed by atoms with Crippen LogP contribution in [0.5, 0.6) is 0 Å². The Bertz CT molecular complexity index is 258. The quantitative estimate of drug-likeness (QED) is 0.664. The van der Waals surface area contributed by atoms with Crippen LogP contribution in [0, 0.1) is 12.8 Å². The Kier molecular flexibility index (Phi) is 4.72. The van der Waals surface area contributed by atoms with Gasteiger partial charge >= 0.3 is 0 Å². The summed E-state index contributed by atoms with van der Waals surface area (Å²) in [5, 5.41) is 0. The van der Waals surface area contributed by atoms with Gasteiger partial charge in [0.05, 0.1) is 0 Å². The minimum atomic E-state index is 1.06. The molecule has 0 N–H and O–H groups in total. The van der Waals surface area contributed by atoms with Crippen LogP contribution in [0.3, 0.4) is 0 Å². The van der Waals surface area contributed by atoms with Crippen LogP contribution in [0.25, 0.3) is 0 Å². The second kappa shape index (κ2) is 5.85. The maximum Gasteiger partial charge on any atom is -0.0276 e. The molecule has 1 aromatic carbocycles. The van der Waals surface area contributed by atoms with Crippen molar-refractivity contribution >= 4 is 0 Å². The molecule has 0 atom stereocenters. The van der Waals surface area contributed by atoms with E-state index >= 15 is 0 Å². The molecule has 2 rings (SSSR count). The molecule has 0 unspecified atom stereocenters. The van der Waals surface area contributed by atoms with Crippen molar-refractivity contribution in [2.24, 2.45) is 5.92 Å². The number of hydrogen-bond donors (Lipinski definition) is 0. The van der Waals surface area contributed by atoms with Crippen LogP contribution in [0.15, 0.2) is 24.3 Å². The molecule has 0 saturated heterocycles. The van der Waals surface area contributed by atoms with Crippen LogP contribution in [0.1, 0.15) is 44.2 Å². The van der Waals surface area contributed by atoms with E-state index in [1.54, 1.807) is 0 Å². The molecule has 78 valence electrons. The minimum Gasteiger partial charge on any atom is -0.0683 e. The Balaban J connectivity index is 0.000000461. The van der Waals surface area contributed by atoms with Gasteiger partial charge in [-0.1, -0.05) is 56.5 Å². The standard InChI is InChI=1S/C12H16.C2H6/c1-10-3-2-4-12(9-10)8-7-11-5-6-11;1-2/h2-4,9,11H,5-8H2,1H3;1-2H3. The Morgan fingerprint density at radius 1 is 1.21 bits per heavy atom.